The van der Waals surface area contributed by atoms with Crippen molar-refractivity contribution in [1.82, 2.24) is 20.1 Å². The number of rotatable bonds is 8. The highest BCUT2D eigenvalue weighted by Crippen LogP contribution is 2.25. The molecule has 11 heteroatoms. The van der Waals surface area contributed by atoms with Crippen LogP contribution in [0.1, 0.15) is 41.6 Å². The summed E-state index contributed by atoms with van der Waals surface area (Å²) in [7, 11) is 0. The highest BCUT2D eigenvalue weighted by atomic mass is 79.9. The predicted molar refractivity (Wildman–Crippen MR) is 136 cm³/mol. The molecule has 0 unspecified atom stereocenters. The van der Waals surface area contributed by atoms with Crippen molar-refractivity contribution in [2.45, 2.75) is 38.5 Å². The van der Waals surface area contributed by atoms with E-state index in [-0.39, 0.29) is 17.6 Å². The minimum atomic E-state index is -0.409. The highest BCUT2D eigenvalue weighted by Gasteiger charge is 2.20. The average molecular weight is 571 g/mol. The van der Waals surface area contributed by atoms with E-state index in [2.05, 4.69) is 36.8 Å². The van der Waals surface area contributed by atoms with Crippen LogP contribution < -0.4 is 10.6 Å². The van der Waals surface area contributed by atoms with Gasteiger partial charge in [0.1, 0.15) is 0 Å². The maximum absolute atomic E-state index is 12.6. The van der Waals surface area contributed by atoms with Gasteiger partial charge in [0, 0.05) is 22.3 Å². The number of thioether (sulfide) groups is 1. The van der Waals surface area contributed by atoms with E-state index in [9.17, 15) is 9.59 Å². The molecule has 1 aromatic heterocycles. The molecule has 3 aromatic rings. The first kappa shape index (κ1) is 25.6. The topological polar surface area (TPSA) is 88.9 Å². The Morgan fingerprint density at radius 2 is 1.91 bits per heavy atom. The molecule has 7 nitrogen and oxygen atoms in total. The summed E-state index contributed by atoms with van der Waals surface area (Å²) >= 11 is 16.7. The number of anilines is 1. The van der Waals surface area contributed by atoms with Gasteiger partial charge in [-0.05, 0) is 62.7 Å². The average Bonchev–Trinajstić information content (AvgIpc) is 3.19. The van der Waals surface area contributed by atoms with Crippen LogP contribution in [0.2, 0.25) is 10.0 Å². The third-order valence-electron chi connectivity index (χ3n) is 4.75. The summed E-state index contributed by atoms with van der Waals surface area (Å²) in [5, 5.41) is 15.5. The van der Waals surface area contributed by atoms with Gasteiger partial charge in [0.05, 0.1) is 21.8 Å². The summed E-state index contributed by atoms with van der Waals surface area (Å²) in [5.74, 6) is 0.328. The van der Waals surface area contributed by atoms with Crippen LogP contribution >= 0.6 is 50.9 Å². The molecule has 0 aliphatic heterocycles. The first-order valence-corrected chi connectivity index (χ1v) is 12.6. The van der Waals surface area contributed by atoms with Gasteiger partial charge in [-0.3, -0.25) is 9.59 Å². The number of aryl methyl sites for hydroxylation is 1. The number of nitrogens with one attached hydrogen (secondary N) is 2. The number of halogens is 3. The van der Waals surface area contributed by atoms with Crippen molar-refractivity contribution < 1.29 is 9.59 Å². The monoisotopic (exact) mass is 569 g/mol. The lowest BCUT2D eigenvalue weighted by Gasteiger charge is -2.15. The molecule has 174 valence electrons. The van der Waals surface area contributed by atoms with Crippen LogP contribution in [0.5, 0.6) is 0 Å². The summed E-state index contributed by atoms with van der Waals surface area (Å²) in [6.45, 7) is 6.32. The number of nitrogens with zero attached hydrogens (tertiary/aromatic N) is 3. The maximum atomic E-state index is 12.6. The molecule has 2 N–H and O–H groups in total. The largest absolute Gasteiger partial charge is 0.342 e. The standard InChI is InChI=1S/C22H22BrCl2N5O2S/c1-4-30-20(13(3)26-21(32)14-5-8-17(24)18(25)10-14)28-29-22(30)33-11-19(31)27-15-6-7-16(23)12(2)9-15/h5-10,13H,4,11H2,1-3H3,(H,26,32)(H,27,31)/t13-/m1/s1. The normalized spacial score (nSPS) is 11.8. The van der Waals surface area contributed by atoms with Crippen LogP contribution in [-0.4, -0.2) is 32.3 Å². The molecule has 0 bridgehead atoms. The predicted octanol–water partition coefficient (Wildman–Crippen LogP) is 5.90. The third-order valence-corrected chi connectivity index (χ3v) is 7.35. The van der Waals surface area contributed by atoms with E-state index < -0.39 is 6.04 Å². The zero-order chi connectivity index (χ0) is 24.1. The number of carbonyl (C=O) groups excluding carboxylic acids is 2. The zero-order valence-electron chi connectivity index (χ0n) is 18.2. The fourth-order valence-electron chi connectivity index (χ4n) is 3.06. The highest BCUT2D eigenvalue weighted by molar-refractivity contribution is 9.10. The molecule has 0 spiro atoms. The van der Waals surface area contributed by atoms with Crippen molar-refractivity contribution in [1.29, 1.82) is 0 Å². The van der Waals surface area contributed by atoms with Crippen molar-refractivity contribution in [3.8, 4) is 0 Å². The third kappa shape index (κ3) is 6.50. The molecule has 0 aliphatic rings. The first-order chi connectivity index (χ1) is 15.7. The van der Waals surface area contributed by atoms with Gasteiger partial charge in [-0.15, -0.1) is 10.2 Å². The van der Waals surface area contributed by atoms with Crippen molar-refractivity contribution in [3.63, 3.8) is 0 Å². The van der Waals surface area contributed by atoms with E-state index >= 15 is 0 Å². The smallest absolute Gasteiger partial charge is 0.251 e. The van der Waals surface area contributed by atoms with Crippen molar-refractivity contribution in [3.05, 3.63) is 67.9 Å². The molecule has 0 saturated heterocycles. The van der Waals surface area contributed by atoms with Gasteiger partial charge in [-0.25, -0.2) is 0 Å². The molecule has 33 heavy (non-hydrogen) atoms. The lowest BCUT2D eigenvalue weighted by Crippen LogP contribution is -2.28. The molecule has 0 aliphatic carbocycles. The van der Waals surface area contributed by atoms with E-state index in [1.165, 1.54) is 17.8 Å². The summed E-state index contributed by atoms with van der Waals surface area (Å²) in [6.07, 6.45) is 0. The SMILES string of the molecule is CCn1c(SCC(=O)Nc2ccc(Br)c(C)c2)nnc1[C@@H](C)NC(=O)c1ccc(Cl)c(Cl)c1. The van der Waals surface area contributed by atoms with E-state index in [4.69, 9.17) is 23.2 Å². The number of hydrogen-bond acceptors (Lipinski definition) is 5. The van der Waals surface area contributed by atoms with Crippen LogP contribution in [0, 0.1) is 6.92 Å². The van der Waals surface area contributed by atoms with Gasteiger partial charge < -0.3 is 15.2 Å². The Labute approximate surface area is 214 Å². The molecule has 1 atom stereocenters. The van der Waals surface area contributed by atoms with Crippen molar-refractivity contribution >= 4 is 68.4 Å². The molecule has 3 rings (SSSR count). The second-order valence-electron chi connectivity index (χ2n) is 7.21. The summed E-state index contributed by atoms with van der Waals surface area (Å²) in [6, 6.07) is 9.92. The fourth-order valence-corrected chi connectivity index (χ4v) is 4.41. The Balaban J connectivity index is 1.63. The fraction of sp³-hybridized carbons (Fsp3) is 0.273. The second kappa shape index (κ2) is 11.4. The Morgan fingerprint density at radius 3 is 2.58 bits per heavy atom. The van der Waals surface area contributed by atoms with E-state index in [1.54, 1.807) is 12.1 Å². The van der Waals surface area contributed by atoms with E-state index in [1.807, 2.05) is 43.5 Å². The van der Waals surface area contributed by atoms with Crippen molar-refractivity contribution in [2.75, 3.05) is 11.1 Å². The number of amides is 2. The van der Waals surface area contributed by atoms with Gasteiger partial charge in [0.15, 0.2) is 11.0 Å². The van der Waals surface area contributed by atoms with Crippen LogP contribution in [0.3, 0.4) is 0 Å². The molecule has 0 fully saturated rings. The lowest BCUT2D eigenvalue weighted by atomic mass is 10.2. The number of carbonyl (C=O) groups is 2. The molecular formula is C22H22BrCl2N5O2S. The molecular weight excluding hydrogens is 549 g/mol. The number of aromatic nitrogens is 3. The number of hydrogen-bond donors (Lipinski definition) is 2. The number of benzene rings is 2. The summed E-state index contributed by atoms with van der Waals surface area (Å²) in [4.78, 5) is 25.0. The van der Waals surface area contributed by atoms with Crippen LogP contribution in [0.15, 0.2) is 46.0 Å². The summed E-state index contributed by atoms with van der Waals surface area (Å²) in [5.41, 5.74) is 2.17. The van der Waals surface area contributed by atoms with Crippen LogP contribution in [-0.2, 0) is 11.3 Å². The Hall–Kier alpha value is -2.07. The minimum absolute atomic E-state index is 0.144. The van der Waals surface area contributed by atoms with Crippen LogP contribution in [0.25, 0.3) is 0 Å². The van der Waals surface area contributed by atoms with Crippen LogP contribution in [0.4, 0.5) is 5.69 Å². The van der Waals surface area contributed by atoms with Gasteiger partial charge in [0.2, 0.25) is 5.91 Å². The Kier molecular flexibility index (Phi) is 8.81. The summed E-state index contributed by atoms with van der Waals surface area (Å²) < 4.78 is 2.86. The Morgan fingerprint density at radius 1 is 1.15 bits per heavy atom. The Bertz CT molecular complexity index is 1190. The van der Waals surface area contributed by atoms with E-state index in [0.717, 1.165) is 15.7 Å². The van der Waals surface area contributed by atoms with Gasteiger partial charge in [-0.2, -0.15) is 0 Å². The quantitative estimate of drug-likeness (QED) is 0.329. The molecule has 1 heterocycles. The molecule has 0 radical (unpaired) electrons. The molecule has 2 amide bonds. The van der Waals surface area contributed by atoms with E-state index in [0.29, 0.717) is 33.1 Å². The van der Waals surface area contributed by atoms with Crippen molar-refractivity contribution in [2.24, 2.45) is 0 Å². The first-order valence-electron chi connectivity index (χ1n) is 10.1. The maximum Gasteiger partial charge on any atom is 0.251 e. The molecule has 0 saturated carbocycles. The van der Waals surface area contributed by atoms with Gasteiger partial charge in [-0.1, -0.05) is 50.9 Å². The molecule has 2 aromatic carbocycles. The van der Waals surface area contributed by atoms with Gasteiger partial charge in [0.25, 0.3) is 5.91 Å². The van der Waals surface area contributed by atoms with Gasteiger partial charge >= 0.3 is 0 Å². The minimum Gasteiger partial charge on any atom is -0.342 e. The zero-order valence-corrected chi connectivity index (χ0v) is 22.1. The second-order valence-corrected chi connectivity index (χ2v) is 9.82. The lowest BCUT2D eigenvalue weighted by molar-refractivity contribution is -0.113.